The smallest absolute Gasteiger partial charge is 0.340 e. The largest absolute Gasteiger partial charge is 0.369 e. The third-order valence-electron chi connectivity index (χ3n) is 8.49. The van der Waals surface area contributed by atoms with Gasteiger partial charge in [0.2, 0.25) is 0 Å². The van der Waals surface area contributed by atoms with Crippen LogP contribution in [0.25, 0.3) is 0 Å². The van der Waals surface area contributed by atoms with Gasteiger partial charge in [0.1, 0.15) is 0 Å². The Morgan fingerprint density at radius 2 is 0.795 bits per heavy atom. The average molecular weight is 557 g/mol. The van der Waals surface area contributed by atoms with E-state index in [1.54, 1.807) is 0 Å². The first-order valence-electron chi connectivity index (χ1n) is 17.7. The highest BCUT2D eigenvalue weighted by Gasteiger charge is 2.45. The Bertz CT molecular complexity index is 485. The van der Waals surface area contributed by atoms with Crippen molar-refractivity contribution in [2.45, 2.75) is 187 Å². The van der Waals surface area contributed by atoms with Gasteiger partial charge >= 0.3 is 5.91 Å². The van der Waals surface area contributed by atoms with Gasteiger partial charge in [-0.05, 0) is 19.3 Å². The van der Waals surface area contributed by atoms with Crippen LogP contribution in [0.2, 0.25) is 0 Å². The molecule has 0 aromatic carbocycles. The third kappa shape index (κ3) is 23.1. The molecule has 1 unspecified atom stereocenters. The fourth-order valence-electron chi connectivity index (χ4n) is 5.55. The van der Waals surface area contributed by atoms with Crippen LogP contribution < -0.4 is 0 Å². The van der Waals surface area contributed by atoms with Gasteiger partial charge in [0.15, 0.2) is 6.61 Å². The number of quaternary nitrogens is 1. The molecule has 0 bridgehead atoms. The first-order valence-corrected chi connectivity index (χ1v) is 17.7. The van der Waals surface area contributed by atoms with Crippen LogP contribution in [-0.2, 0) is 9.47 Å². The van der Waals surface area contributed by atoms with Crippen molar-refractivity contribution in [1.82, 2.24) is 0 Å². The monoisotopic (exact) mass is 557 g/mol. The SMILES string of the molecule is CCCCCCCCCCCCCCOCC(O)(OCCCCCCCCCCCCCC)[N+](C)(C)CCC. The van der Waals surface area contributed by atoms with Crippen molar-refractivity contribution >= 4 is 0 Å². The lowest BCUT2D eigenvalue weighted by Gasteiger charge is -2.43. The Labute approximate surface area is 246 Å². The summed E-state index contributed by atoms with van der Waals surface area (Å²) in [5.74, 6) is -1.26. The quantitative estimate of drug-likeness (QED) is 0.0509. The molecule has 0 saturated heterocycles. The van der Waals surface area contributed by atoms with E-state index >= 15 is 0 Å². The number of ether oxygens (including phenoxy) is 2. The number of rotatable bonds is 32. The fraction of sp³-hybridized carbons (Fsp3) is 1.00. The lowest BCUT2D eigenvalue weighted by molar-refractivity contribution is -0.996. The second-order valence-corrected chi connectivity index (χ2v) is 12.8. The van der Waals surface area contributed by atoms with Crippen LogP contribution in [0.5, 0.6) is 0 Å². The van der Waals surface area contributed by atoms with Crippen LogP contribution in [0.3, 0.4) is 0 Å². The Kier molecular flexibility index (Phi) is 27.9. The summed E-state index contributed by atoms with van der Waals surface area (Å²) >= 11 is 0. The van der Waals surface area contributed by atoms with Crippen LogP contribution >= 0.6 is 0 Å². The number of hydrogen-bond acceptors (Lipinski definition) is 3. The maximum Gasteiger partial charge on any atom is 0.340 e. The van der Waals surface area contributed by atoms with E-state index in [1.807, 2.05) is 0 Å². The molecule has 39 heavy (non-hydrogen) atoms. The summed E-state index contributed by atoms with van der Waals surface area (Å²) in [5.41, 5.74) is 0. The zero-order chi connectivity index (χ0) is 28.9. The van der Waals surface area contributed by atoms with Gasteiger partial charge in [-0.25, -0.2) is 0 Å². The molecule has 0 saturated carbocycles. The lowest BCUT2D eigenvalue weighted by Crippen LogP contribution is -2.64. The van der Waals surface area contributed by atoms with Gasteiger partial charge in [0.25, 0.3) is 0 Å². The molecule has 1 atom stereocenters. The summed E-state index contributed by atoms with van der Waals surface area (Å²) in [6.45, 7) is 9.19. The van der Waals surface area contributed by atoms with Gasteiger partial charge in [-0.15, -0.1) is 0 Å². The van der Waals surface area contributed by atoms with E-state index in [2.05, 4.69) is 34.9 Å². The summed E-state index contributed by atoms with van der Waals surface area (Å²) in [7, 11) is 4.14. The summed E-state index contributed by atoms with van der Waals surface area (Å²) < 4.78 is 12.6. The Hall–Kier alpha value is -0.160. The predicted octanol–water partition coefficient (Wildman–Crippen LogP) is 10.6. The molecule has 0 fully saturated rings. The molecular weight excluding hydrogens is 482 g/mol. The van der Waals surface area contributed by atoms with E-state index < -0.39 is 5.91 Å². The van der Waals surface area contributed by atoms with E-state index in [0.29, 0.717) is 17.7 Å². The average Bonchev–Trinajstić information content (AvgIpc) is 2.91. The normalized spacial score (nSPS) is 13.7. The summed E-state index contributed by atoms with van der Waals surface area (Å²) in [4.78, 5) is 0. The Morgan fingerprint density at radius 3 is 1.15 bits per heavy atom. The van der Waals surface area contributed by atoms with Crippen molar-refractivity contribution in [2.75, 3.05) is 40.5 Å². The standard InChI is InChI=1S/C35H74NO3/c1-6-9-11-13-15-17-19-21-23-25-27-29-32-38-34-35(37,36(4,5)31-8-3)39-33-30-28-26-24-22-20-18-16-14-12-10-7-2/h37H,6-34H2,1-5H3/q+1. The molecule has 0 aliphatic heterocycles. The molecule has 1 N–H and O–H groups in total. The van der Waals surface area contributed by atoms with Crippen LogP contribution in [0.4, 0.5) is 0 Å². The molecule has 0 radical (unpaired) electrons. The van der Waals surface area contributed by atoms with Crippen LogP contribution in [0.1, 0.15) is 181 Å². The number of hydrogen-bond donors (Lipinski definition) is 1. The van der Waals surface area contributed by atoms with Gasteiger partial charge in [-0.2, -0.15) is 0 Å². The van der Waals surface area contributed by atoms with Gasteiger partial charge in [0.05, 0.1) is 27.2 Å². The van der Waals surface area contributed by atoms with Crippen molar-refractivity contribution in [3.8, 4) is 0 Å². The highest BCUT2D eigenvalue weighted by Crippen LogP contribution is 2.23. The van der Waals surface area contributed by atoms with E-state index in [4.69, 9.17) is 9.47 Å². The molecule has 0 aromatic heterocycles. The number of likely N-dealkylation sites (N-methyl/N-ethyl adjacent to an activating group) is 1. The number of nitrogens with zero attached hydrogens (tertiary/aromatic N) is 1. The number of unbranched alkanes of at least 4 members (excludes halogenated alkanes) is 22. The molecule has 0 amide bonds. The maximum atomic E-state index is 11.5. The first kappa shape index (κ1) is 38.8. The van der Waals surface area contributed by atoms with E-state index in [1.165, 1.54) is 141 Å². The highest BCUT2D eigenvalue weighted by atomic mass is 16.7. The van der Waals surface area contributed by atoms with E-state index in [-0.39, 0.29) is 6.61 Å². The molecule has 0 rings (SSSR count). The van der Waals surface area contributed by atoms with Crippen LogP contribution in [0.15, 0.2) is 0 Å². The van der Waals surface area contributed by atoms with Crippen LogP contribution in [-0.4, -0.2) is 56.0 Å². The highest BCUT2D eigenvalue weighted by molar-refractivity contribution is 4.57. The minimum Gasteiger partial charge on any atom is -0.369 e. The summed E-state index contributed by atoms with van der Waals surface area (Å²) in [6.07, 6.45) is 33.1. The topological polar surface area (TPSA) is 38.7 Å². The molecule has 0 aliphatic rings. The zero-order valence-corrected chi connectivity index (χ0v) is 27.7. The lowest BCUT2D eigenvalue weighted by atomic mass is 10.1. The maximum absolute atomic E-state index is 11.5. The Balaban J connectivity index is 3.93. The van der Waals surface area contributed by atoms with Crippen LogP contribution in [0, 0.1) is 0 Å². The van der Waals surface area contributed by atoms with E-state index in [9.17, 15) is 5.11 Å². The molecule has 236 valence electrons. The van der Waals surface area contributed by atoms with Crippen molar-refractivity contribution in [3.63, 3.8) is 0 Å². The van der Waals surface area contributed by atoms with Crippen molar-refractivity contribution < 1.29 is 19.1 Å². The molecule has 0 aromatic rings. The second-order valence-electron chi connectivity index (χ2n) is 12.8. The fourth-order valence-corrected chi connectivity index (χ4v) is 5.55. The molecule has 0 heterocycles. The van der Waals surface area contributed by atoms with Gasteiger partial charge in [0, 0.05) is 6.61 Å². The van der Waals surface area contributed by atoms with Gasteiger partial charge in [-0.3, -0.25) is 4.48 Å². The second kappa shape index (κ2) is 28.0. The molecular formula is C35H74NO3+. The molecule has 0 spiro atoms. The summed E-state index contributed by atoms with van der Waals surface area (Å²) in [6, 6.07) is 0. The third-order valence-corrected chi connectivity index (χ3v) is 8.49. The minimum absolute atomic E-state index is 0.260. The van der Waals surface area contributed by atoms with E-state index in [0.717, 1.165) is 25.8 Å². The predicted molar refractivity (Wildman–Crippen MR) is 171 cm³/mol. The Morgan fingerprint density at radius 1 is 0.462 bits per heavy atom. The first-order chi connectivity index (χ1) is 18.9. The van der Waals surface area contributed by atoms with Crippen molar-refractivity contribution in [3.05, 3.63) is 0 Å². The summed E-state index contributed by atoms with van der Waals surface area (Å²) in [5, 5.41) is 11.5. The molecule has 0 aliphatic carbocycles. The molecule has 4 nitrogen and oxygen atoms in total. The number of aliphatic hydroxyl groups is 1. The minimum atomic E-state index is -1.26. The zero-order valence-electron chi connectivity index (χ0n) is 27.7. The van der Waals surface area contributed by atoms with Crippen molar-refractivity contribution in [2.24, 2.45) is 0 Å². The van der Waals surface area contributed by atoms with Gasteiger partial charge < -0.3 is 14.6 Å². The van der Waals surface area contributed by atoms with Gasteiger partial charge in [-0.1, -0.05) is 162 Å². The van der Waals surface area contributed by atoms with Crippen molar-refractivity contribution in [1.29, 1.82) is 0 Å². The molecule has 4 heteroatoms.